The van der Waals surface area contributed by atoms with Crippen LogP contribution in [0.15, 0.2) is 36.7 Å². The van der Waals surface area contributed by atoms with E-state index < -0.39 is 5.60 Å². The van der Waals surface area contributed by atoms with Crippen molar-refractivity contribution < 1.29 is 14.6 Å². The first-order valence-electron chi connectivity index (χ1n) is 9.37. The fourth-order valence-electron chi connectivity index (χ4n) is 4.03. The highest BCUT2D eigenvalue weighted by Crippen LogP contribution is 2.41. The normalized spacial score (nSPS) is 20.7. The summed E-state index contributed by atoms with van der Waals surface area (Å²) in [4.78, 5) is 18.5. The Balaban J connectivity index is 1.62. The Morgan fingerprint density at radius 1 is 1.38 bits per heavy atom. The number of hydrogen-bond donors (Lipinski definition) is 2. The number of aromatic nitrogens is 3. The smallest absolute Gasteiger partial charge is 0.286 e. The van der Waals surface area contributed by atoms with Crippen LogP contribution in [0, 0.1) is 11.5 Å². The number of benzene rings is 1. The molecule has 1 atom stereocenters. The van der Waals surface area contributed by atoms with Crippen LogP contribution in [0.3, 0.4) is 0 Å². The Labute approximate surface area is 166 Å². The van der Waals surface area contributed by atoms with E-state index in [2.05, 4.69) is 15.4 Å². The topological polar surface area (TPSA) is 116 Å². The van der Waals surface area contributed by atoms with Gasteiger partial charge in [-0.3, -0.25) is 9.48 Å². The number of hydrogen-bond acceptors (Lipinski definition) is 7. The fourth-order valence-corrected chi connectivity index (χ4v) is 4.03. The zero-order valence-corrected chi connectivity index (χ0v) is 15.5. The number of carbonyl (C=O) groups excluding carboxylic acids is 1. The Morgan fingerprint density at radius 2 is 2.28 bits per heavy atom. The molecule has 1 spiro atoms. The van der Waals surface area contributed by atoms with Gasteiger partial charge in [0.05, 0.1) is 24.9 Å². The molecule has 5 rings (SSSR count). The number of pyridine rings is 1. The molecule has 9 nitrogen and oxygen atoms in total. The van der Waals surface area contributed by atoms with E-state index in [1.807, 2.05) is 24.4 Å². The first-order valence-corrected chi connectivity index (χ1v) is 9.37. The van der Waals surface area contributed by atoms with Gasteiger partial charge in [-0.15, -0.1) is 0 Å². The molecular weight excluding hydrogens is 372 g/mol. The molecule has 1 unspecified atom stereocenters. The van der Waals surface area contributed by atoms with Gasteiger partial charge in [0.25, 0.3) is 5.91 Å². The summed E-state index contributed by atoms with van der Waals surface area (Å²) >= 11 is 0. The highest BCUT2D eigenvalue weighted by molar-refractivity contribution is 6.06. The second-order valence-corrected chi connectivity index (χ2v) is 7.14. The zero-order chi connectivity index (χ0) is 20.0. The second-order valence-electron chi connectivity index (χ2n) is 7.14. The average Bonchev–Trinajstić information content (AvgIpc) is 3.37. The number of fused-ring (bicyclic) bond motifs is 2. The van der Waals surface area contributed by atoms with E-state index in [9.17, 15) is 15.2 Å². The van der Waals surface area contributed by atoms with Gasteiger partial charge in [0.15, 0.2) is 6.19 Å². The molecule has 1 saturated heterocycles. The van der Waals surface area contributed by atoms with Crippen molar-refractivity contribution in [3.8, 4) is 23.2 Å². The fraction of sp³-hybridized carbons (Fsp3) is 0.300. The zero-order valence-electron chi connectivity index (χ0n) is 15.5. The lowest BCUT2D eigenvalue weighted by atomic mass is 9.98. The summed E-state index contributed by atoms with van der Waals surface area (Å²) in [6.07, 6.45) is 5.90. The first-order chi connectivity index (χ1) is 14.2. The van der Waals surface area contributed by atoms with E-state index in [1.165, 1.54) is 0 Å². The summed E-state index contributed by atoms with van der Waals surface area (Å²) in [7, 11) is 0. The van der Waals surface area contributed by atoms with Gasteiger partial charge < -0.3 is 15.2 Å². The molecular formula is C20H18N6O3. The van der Waals surface area contributed by atoms with E-state index in [1.54, 1.807) is 23.1 Å². The van der Waals surface area contributed by atoms with E-state index >= 15 is 0 Å². The molecule has 2 aliphatic heterocycles. The highest BCUT2D eigenvalue weighted by atomic mass is 16.5. The van der Waals surface area contributed by atoms with Gasteiger partial charge in [-0.1, -0.05) is 12.1 Å². The SMILES string of the molecule is N#CN1C(=O)C2(CCNC2)Oc2ncc(-c3cccc4c3cnn4CCO)cc21. The van der Waals surface area contributed by atoms with Crippen LogP contribution >= 0.6 is 0 Å². The van der Waals surface area contributed by atoms with Crippen molar-refractivity contribution in [1.29, 1.82) is 5.26 Å². The minimum absolute atomic E-state index is 0.00536. The Kier molecular flexibility index (Phi) is 3.97. The molecule has 1 amide bonds. The molecule has 0 saturated carbocycles. The van der Waals surface area contributed by atoms with E-state index in [0.29, 0.717) is 31.7 Å². The summed E-state index contributed by atoms with van der Waals surface area (Å²) in [6.45, 7) is 1.40. The number of amides is 1. The number of anilines is 1. The molecule has 4 heterocycles. The van der Waals surface area contributed by atoms with Crippen LogP contribution in [0.1, 0.15) is 6.42 Å². The summed E-state index contributed by atoms with van der Waals surface area (Å²) in [6, 6.07) is 7.51. The molecule has 2 aromatic heterocycles. The number of ether oxygens (including phenoxy) is 1. The largest absolute Gasteiger partial charge is 0.458 e. The van der Waals surface area contributed by atoms with Gasteiger partial charge in [-0.25, -0.2) is 9.88 Å². The maximum atomic E-state index is 13.0. The lowest BCUT2D eigenvalue weighted by molar-refractivity contribution is -0.133. The minimum atomic E-state index is -1.07. The van der Waals surface area contributed by atoms with E-state index in [4.69, 9.17) is 4.74 Å². The van der Waals surface area contributed by atoms with Crippen molar-refractivity contribution in [3.63, 3.8) is 0 Å². The van der Waals surface area contributed by atoms with Gasteiger partial charge in [-0.2, -0.15) is 10.4 Å². The monoisotopic (exact) mass is 390 g/mol. The van der Waals surface area contributed by atoms with Crippen LogP contribution in [-0.2, 0) is 11.3 Å². The van der Waals surface area contributed by atoms with E-state index in [-0.39, 0.29) is 18.4 Å². The maximum Gasteiger partial charge on any atom is 0.286 e. The van der Waals surface area contributed by atoms with Gasteiger partial charge in [0.2, 0.25) is 11.5 Å². The average molecular weight is 390 g/mol. The van der Waals surface area contributed by atoms with Gasteiger partial charge in [0.1, 0.15) is 5.69 Å². The van der Waals surface area contributed by atoms with Crippen molar-refractivity contribution in [2.24, 2.45) is 0 Å². The number of nitrogens with zero attached hydrogens (tertiary/aromatic N) is 5. The predicted molar refractivity (Wildman–Crippen MR) is 104 cm³/mol. The molecule has 0 radical (unpaired) electrons. The number of aliphatic hydroxyl groups excluding tert-OH is 1. The first kappa shape index (κ1) is 17.6. The van der Waals surface area contributed by atoms with Crippen molar-refractivity contribution in [1.82, 2.24) is 20.1 Å². The molecule has 1 aromatic carbocycles. The van der Waals surface area contributed by atoms with Crippen molar-refractivity contribution in [3.05, 3.63) is 36.7 Å². The molecule has 29 heavy (non-hydrogen) atoms. The number of aliphatic hydroxyl groups is 1. The Hall–Kier alpha value is -3.48. The molecule has 1 fully saturated rings. The summed E-state index contributed by atoms with van der Waals surface area (Å²) < 4.78 is 7.71. The van der Waals surface area contributed by atoms with Crippen LogP contribution in [0.25, 0.3) is 22.0 Å². The molecule has 2 aliphatic rings. The van der Waals surface area contributed by atoms with Gasteiger partial charge in [-0.05, 0) is 24.2 Å². The van der Waals surface area contributed by atoms with E-state index in [0.717, 1.165) is 26.9 Å². The number of rotatable bonds is 3. The molecule has 0 bridgehead atoms. The third-order valence-corrected chi connectivity index (χ3v) is 5.48. The summed E-state index contributed by atoms with van der Waals surface area (Å²) in [5.41, 5.74) is 1.77. The summed E-state index contributed by atoms with van der Waals surface area (Å²) in [5, 5.41) is 27.2. The van der Waals surface area contributed by atoms with Crippen LogP contribution in [0.2, 0.25) is 0 Å². The number of carbonyl (C=O) groups is 1. The van der Waals surface area contributed by atoms with Crippen molar-refractivity contribution >= 4 is 22.5 Å². The van der Waals surface area contributed by atoms with Crippen LogP contribution in [0.4, 0.5) is 5.69 Å². The summed E-state index contributed by atoms with van der Waals surface area (Å²) in [5.74, 6) is -0.0906. The van der Waals surface area contributed by atoms with Gasteiger partial charge in [0, 0.05) is 30.1 Å². The van der Waals surface area contributed by atoms with Crippen LogP contribution in [-0.4, -0.2) is 51.1 Å². The van der Waals surface area contributed by atoms with Crippen LogP contribution < -0.4 is 15.0 Å². The number of nitriles is 1. The third kappa shape index (κ3) is 2.57. The second kappa shape index (κ2) is 6.55. The third-order valence-electron chi connectivity index (χ3n) is 5.48. The molecule has 146 valence electrons. The quantitative estimate of drug-likeness (QED) is 0.642. The minimum Gasteiger partial charge on any atom is -0.458 e. The standard InChI is InChI=1S/C20H18N6O3/c21-12-25-17-8-13(9-23-18(17)29-20(19(25)28)4-5-22-11-20)14-2-1-3-16-15(14)10-24-26(16)6-7-27/h1-3,8-10,22,27H,4-7,11H2. The molecule has 9 heteroatoms. The maximum absolute atomic E-state index is 13.0. The van der Waals surface area contributed by atoms with Crippen molar-refractivity contribution in [2.75, 3.05) is 24.6 Å². The van der Waals surface area contributed by atoms with Gasteiger partial charge >= 0.3 is 0 Å². The molecule has 2 N–H and O–H groups in total. The molecule has 0 aliphatic carbocycles. The Morgan fingerprint density at radius 3 is 3.03 bits per heavy atom. The predicted octanol–water partition coefficient (Wildman–Crippen LogP) is 1.03. The lowest BCUT2D eigenvalue weighted by Crippen LogP contribution is -2.56. The van der Waals surface area contributed by atoms with Crippen molar-refractivity contribution in [2.45, 2.75) is 18.6 Å². The highest BCUT2D eigenvalue weighted by Gasteiger charge is 2.51. The lowest BCUT2D eigenvalue weighted by Gasteiger charge is -2.36. The Bertz CT molecular complexity index is 1160. The number of nitrogens with one attached hydrogen (secondary N) is 1. The van der Waals surface area contributed by atoms with Crippen LogP contribution in [0.5, 0.6) is 5.88 Å². The molecule has 3 aromatic rings.